The fourth-order valence-corrected chi connectivity index (χ4v) is 3.35. The van der Waals surface area contributed by atoms with Gasteiger partial charge < -0.3 is 5.32 Å². The largest absolute Gasteiger partial charge is 0.320 e. The Balaban J connectivity index is 0.00000134. The summed E-state index contributed by atoms with van der Waals surface area (Å²) in [6, 6.07) is 8.93. The molecule has 1 heteroatoms. The van der Waals surface area contributed by atoms with Crippen LogP contribution in [0.5, 0.6) is 0 Å². The predicted octanol–water partition coefficient (Wildman–Crippen LogP) is 6.83. The first kappa shape index (κ1) is 23.4. The molecule has 0 saturated heterocycles. The highest BCUT2D eigenvalue weighted by molar-refractivity contribution is 5.47. The summed E-state index contributed by atoms with van der Waals surface area (Å²) in [5, 5.41) is 3.26. The summed E-state index contributed by atoms with van der Waals surface area (Å²) in [5.74, 6) is 0.487. The topological polar surface area (TPSA) is 12.0 Å². The Hall–Kier alpha value is -1.60. The number of hydrogen-bond donors (Lipinski definition) is 1. The SMILES string of the molecule is C=CC1=C(/C=C\C)CCc2ccccc2C1CCCNC.CC.CC. The minimum Gasteiger partial charge on any atom is -0.320 e. The Bertz CT molecular complexity index is 537. The normalized spacial score (nSPS) is 16.2. The molecule has 0 saturated carbocycles. The second-order valence-electron chi connectivity index (χ2n) is 5.68. The second kappa shape index (κ2) is 14.7. The van der Waals surface area contributed by atoms with Crippen molar-refractivity contribution in [1.82, 2.24) is 5.32 Å². The van der Waals surface area contributed by atoms with Crippen LogP contribution < -0.4 is 5.32 Å². The van der Waals surface area contributed by atoms with Crippen molar-refractivity contribution >= 4 is 0 Å². The van der Waals surface area contributed by atoms with Crippen molar-refractivity contribution < 1.29 is 0 Å². The Labute approximate surface area is 156 Å². The van der Waals surface area contributed by atoms with E-state index in [-0.39, 0.29) is 0 Å². The van der Waals surface area contributed by atoms with Crippen molar-refractivity contribution in [2.45, 2.75) is 66.2 Å². The average Bonchev–Trinajstić information content (AvgIpc) is 2.83. The molecular formula is C24H39N. The van der Waals surface area contributed by atoms with Gasteiger partial charge in [0.1, 0.15) is 0 Å². The third-order valence-corrected chi connectivity index (χ3v) is 4.35. The molecule has 0 amide bonds. The molecule has 1 aliphatic carbocycles. The molecule has 1 aromatic carbocycles. The fourth-order valence-electron chi connectivity index (χ4n) is 3.35. The van der Waals surface area contributed by atoms with Gasteiger partial charge in [-0.15, -0.1) is 0 Å². The molecule has 2 rings (SSSR count). The molecule has 25 heavy (non-hydrogen) atoms. The summed E-state index contributed by atoms with van der Waals surface area (Å²) in [5.41, 5.74) is 5.89. The number of hydrogen-bond acceptors (Lipinski definition) is 1. The minimum absolute atomic E-state index is 0.487. The smallest absolute Gasteiger partial charge is 0.00950 e. The van der Waals surface area contributed by atoms with Gasteiger partial charge in [0.2, 0.25) is 0 Å². The second-order valence-corrected chi connectivity index (χ2v) is 5.68. The molecule has 1 aliphatic rings. The molecule has 1 atom stereocenters. The molecule has 0 spiro atoms. The maximum Gasteiger partial charge on any atom is 0.00950 e. The van der Waals surface area contributed by atoms with Gasteiger partial charge in [-0.3, -0.25) is 0 Å². The van der Waals surface area contributed by atoms with E-state index >= 15 is 0 Å². The zero-order valence-electron chi connectivity index (χ0n) is 17.4. The average molecular weight is 342 g/mol. The van der Waals surface area contributed by atoms with Crippen molar-refractivity contribution in [3.63, 3.8) is 0 Å². The summed E-state index contributed by atoms with van der Waals surface area (Å²) in [6.45, 7) is 15.3. The first-order valence-electron chi connectivity index (χ1n) is 10.0. The predicted molar refractivity (Wildman–Crippen MR) is 115 cm³/mol. The van der Waals surface area contributed by atoms with E-state index in [1.807, 2.05) is 34.7 Å². The van der Waals surface area contributed by atoms with E-state index in [1.165, 1.54) is 35.1 Å². The lowest BCUT2D eigenvalue weighted by atomic mass is 9.84. The standard InChI is InChI=1S/C20H27N.2C2H6/c1-4-9-16-13-14-17-10-6-7-11-19(17)20(18(16)5-2)12-8-15-21-3;2*1-2/h4-7,9-11,20-21H,2,8,12-15H2,1,3H3;2*1-2H3/b9-4-;;. The van der Waals surface area contributed by atoms with Crippen molar-refractivity contribution in [2.24, 2.45) is 0 Å². The fraction of sp³-hybridized carbons (Fsp3) is 0.500. The molecule has 1 nitrogen and oxygen atoms in total. The quantitative estimate of drug-likeness (QED) is 0.559. The van der Waals surface area contributed by atoms with Gasteiger partial charge in [0.15, 0.2) is 0 Å². The van der Waals surface area contributed by atoms with Crippen LogP contribution in [0.15, 0.2) is 60.2 Å². The van der Waals surface area contributed by atoms with E-state index in [9.17, 15) is 0 Å². The van der Waals surface area contributed by atoms with Crippen LogP contribution in [0.2, 0.25) is 0 Å². The van der Waals surface area contributed by atoms with Gasteiger partial charge in [-0.05, 0) is 68.5 Å². The first-order chi connectivity index (χ1) is 12.3. The Morgan fingerprint density at radius 1 is 1.12 bits per heavy atom. The molecule has 0 heterocycles. The molecule has 0 aliphatic heterocycles. The summed E-state index contributed by atoms with van der Waals surface area (Å²) < 4.78 is 0. The van der Waals surface area contributed by atoms with Gasteiger partial charge in [0, 0.05) is 5.92 Å². The lowest BCUT2D eigenvalue weighted by Gasteiger charge is -2.21. The van der Waals surface area contributed by atoms with Crippen LogP contribution in [0.4, 0.5) is 0 Å². The van der Waals surface area contributed by atoms with Crippen LogP contribution in [0.3, 0.4) is 0 Å². The van der Waals surface area contributed by atoms with Crippen LogP contribution in [0, 0.1) is 0 Å². The van der Waals surface area contributed by atoms with Crippen LogP contribution >= 0.6 is 0 Å². The molecule has 1 N–H and O–H groups in total. The zero-order chi connectivity index (χ0) is 19.1. The van der Waals surface area contributed by atoms with E-state index in [2.05, 4.69) is 61.3 Å². The van der Waals surface area contributed by atoms with E-state index in [0.29, 0.717) is 5.92 Å². The number of allylic oxidation sites excluding steroid dienone is 5. The van der Waals surface area contributed by atoms with E-state index in [0.717, 1.165) is 19.4 Å². The molecule has 0 radical (unpaired) electrons. The molecule has 0 aromatic heterocycles. The minimum atomic E-state index is 0.487. The molecule has 1 unspecified atom stereocenters. The lowest BCUT2D eigenvalue weighted by molar-refractivity contribution is 0.626. The summed E-state index contributed by atoms with van der Waals surface area (Å²) in [6.07, 6.45) is 11.1. The highest BCUT2D eigenvalue weighted by atomic mass is 14.8. The molecular weight excluding hydrogens is 302 g/mol. The van der Waals surface area contributed by atoms with Gasteiger partial charge in [-0.1, -0.05) is 76.8 Å². The van der Waals surface area contributed by atoms with E-state index in [1.54, 1.807) is 0 Å². The number of aryl methyl sites for hydroxylation is 1. The van der Waals surface area contributed by atoms with E-state index < -0.39 is 0 Å². The highest BCUT2D eigenvalue weighted by Crippen LogP contribution is 2.38. The third kappa shape index (κ3) is 7.04. The monoisotopic (exact) mass is 341 g/mol. The van der Waals surface area contributed by atoms with Crippen LogP contribution in [0.25, 0.3) is 0 Å². The van der Waals surface area contributed by atoms with Gasteiger partial charge >= 0.3 is 0 Å². The maximum atomic E-state index is 4.10. The van der Waals surface area contributed by atoms with Crippen molar-refractivity contribution in [1.29, 1.82) is 0 Å². The molecule has 0 fully saturated rings. The maximum absolute atomic E-state index is 4.10. The number of nitrogens with one attached hydrogen (secondary N) is 1. The van der Waals surface area contributed by atoms with Gasteiger partial charge in [-0.25, -0.2) is 0 Å². The van der Waals surface area contributed by atoms with Crippen LogP contribution in [-0.2, 0) is 6.42 Å². The molecule has 0 bridgehead atoms. The van der Waals surface area contributed by atoms with Crippen LogP contribution in [-0.4, -0.2) is 13.6 Å². The number of benzene rings is 1. The van der Waals surface area contributed by atoms with Crippen molar-refractivity contribution in [3.8, 4) is 0 Å². The Kier molecular flexibility index (Phi) is 13.8. The third-order valence-electron chi connectivity index (χ3n) is 4.35. The summed E-state index contributed by atoms with van der Waals surface area (Å²) in [4.78, 5) is 0. The lowest BCUT2D eigenvalue weighted by Crippen LogP contribution is -2.11. The van der Waals surface area contributed by atoms with Gasteiger partial charge in [0.05, 0.1) is 0 Å². The number of fused-ring (bicyclic) bond motifs is 1. The molecule has 140 valence electrons. The zero-order valence-corrected chi connectivity index (χ0v) is 17.4. The van der Waals surface area contributed by atoms with E-state index in [4.69, 9.17) is 0 Å². The Morgan fingerprint density at radius 2 is 1.80 bits per heavy atom. The number of rotatable bonds is 6. The highest BCUT2D eigenvalue weighted by Gasteiger charge is 2.22. The van der Waals surface area contributed by atoms with Crippen LogP contribution in [0.1, 0.15) is 70.9 Å². The van der Waals surface area contributed by atoms with Gasteiger partial charge in [-0.2, -0.15) is 0 Å². The summed E-state index contributed by atoms with van der Waals surface area (Å²) >= 11 is 0. The van der Waals surface area contributed by atoms with Crippen molar-refractivity contribution in [2.75, 3.05) is 13.6 Å². The first-order valence-corrected chi connectivity index (χ1v) is 10.0. The van der Waals surface area contributed by atoms with Gasteiger partial charge in [0.25, 0.3) is 0 Å². The summed E-state index contributed by atoms with van der Waals surface area (Å²) in [7, 11) is 2.02. The van der Waals surface area contributed by atoms with Crippen molar-refractivity contribution in [3.05, 3.63) is 71.3 Å². The molecule has 1 aromatic rings. The Morgan fingerprint density at radius 3 is 2.40 bits per heavy atom.